The van der Waals surface area contributed by atoms with Crippen LogP contribution in [0.25, 0.3) is 11.5 Å². The van der Waals surface area contributed by atoms with E-state index >= 15 is 0 Å². The zero-order chi connectivity index (χ0) is 19.7. The van der Waals surface area contributed by atoms with E-state index in [0.717, 1.165) is 16.9 Å². The molecular formula is C20H17ClFN3O3. The Morgan fingerprint density at radius 2 is 2.07 bits per heavy atom. The molecule has 1 aromatic heterocycles. The number of aromatic nitrogens is 2. The van der Waals surface area contributed by atoms with E-state index in [-0.39, 0.29) is 16.8 Å². The van der Waals surface area contributed by atoms with E-state index in [4.69, 9.17) is 20.9 Å². The summed E-state index contributed by atoms with van der Waals surface area (Å²) in [6, 6.07) is 11.8. The highest BCUT2D eigenvalue weighted by Gasteiger charge is 2.33. The first kappa shape index (κ1) is 18.4. The number of amides is 1. The maximum absolute atomic E-state index is 13.3. The number of methoxy groups -OCH3 is 1. The summed E-state index contributed by atoms with van der Waals surface area (Å²) in [7, 11) is 1.60. The molecule has 0 saturated carbocycles. The minimum absolute atomic E-state index is 0.0127. The number of ether oxygens (including phenoxy) is 1. The Labute approximate surface area is 165 Å². The number of rotatable bonds is 5. The van der Waals surface area contributed by atoms with E-state index in [1.165, 1.54) is 12.1 Å². The summed E-state index contributed by atoms with van der Waals surface area (Å²) in [6.45, 7) is 0.827. The quantitative estimate of drug-likeness (QED) is 0.645. The predicted octanol–water partition coefficient (Wildman–Crippen LogP) is 4.05. The van der Waals surface area contributed by atoms with Crippen molar-refractivity contribution in [3.8, 4) is 17.2 Å². The largest absolute Gasteiger partial charge is 0.497 e. The van der Waals surface area contributed by atoms with Gasteiger partial charge >= 0.3 is 0 Å². The van der Waals surface area contributed by atoms with Gasteiger partial charge in [-0.2, -0.15) is 4.98 Å². The highest BCUT2D eigenvalue weighted by Crippen LogP contribution is 2.30. The van der Waals surface area contributed by atoms with Gasteiger partial charge in [-0.15, -0.1) is 0 Å². The molecular weight excluding hydrogens is 385 g/mol. The Bertz CT molecular complexity index is 1010. The fourth-order valence-electron chi connectivity index (χ4n) is 3.21. The van der Waals surface area contributed by atoms with Gasteiger partial charge in [0.2, 0.25) is 5.91 Å². The molecule has 2 heterocycles. The number of hydrogen-bond acceptors (Lipinski definition) is 5. The number of hydrogen-bond donors (Lipinski definition) is 0. The van der Waals surface area contributed by atoms with Crippen LogP contribution in [0.15, 0.2) is 47.0 Å². The third-order valence-corrected chi connectivity index (χ3v) is 5.01. The van der Waals surface area contributed by atoms with Gasteiger partial charge in [-0.05, 0) is 42.0 Å². The van der Waals surface area contributed by atoms with Crippen LogP contribution in [0.4, 0.5) is 4.39 Å². The van der Waals surface area contributed by atoms with Crippen LogP contribution < -0.4 is 4.74 Å². The van der Waals surface area contributed by atoms with E-state index in [0.29, 0.717) is 31.2 Å². The van der Waals surface area contributed by atoms with Crippen molar-refractivity contribution in [2.45, 2.75) is 18.9 Å². The van der Waals surface area contributed by atoms with Crippen molar-refractivity contribution < 1.29 is 18.4 Å². The summed E-state index contributed by atoms with van der Waals surface area (Å²) < 4.78 is 23.8. The zero-order valence-corrected chi connectivity index (χ0v) is 15.8. The molecule has 144 valence electrons. The minimum Gasteiger partial charge on any atom is -0.497 e. The van der Waals surface area contributed by atoms with Crippen molar-refractivity contribution in [1.29, 1.82) is 0 Å². The molecule has 0 aliphatic carbocycles. The molecule has 0 bridgehead atoms. The summed E-state index contributed by atoms with van der Waals surface area (Å²) in [4.78, 5) is 18.5. The van der Waals surface area contributed by atoms with Gasteiger partial charge in [0.1, 0.15) is 11.6 Å². The van der Waals surface area contributed by atoms with Gasteiger partial charge in [-0.25, -0.2) is 4.39 Å². The van der Waals surface area contributed by atoms with Crippen molar-refractivity contribution in [3.05, 3.63) is 64.7 Å². The van der Waals surface area contributed by atoms with Crippen molar-refractivity contribution >= 4 is 17.5 Å². The molecule has 3 aromatic rings. The van der Waals surface area contributed by atoms with E-state index in [1.807, 2.05) is 24.3 Å². The Balaban J connectivity index is 1.46. The first-order valence-electron chi connectivity index (χ1n) is 8.73. The fraction of sp³-hybridized carbons (Fsp3) is 0.250. The molecule has 1 aliphatic rings. The van der Waals surface area contributed by atoms with Crippen LogP contribution in [0, 0.1) is 5.82 Å². The fourth-order valence-corrected chi connectivity index (χ4v) is 3.41. The third kappa shape index (κ3) is 3.71. The van der Waals surface area contributed by atoms with Crippen molar-refractivity contribution in [2.24, 2.45) is 0 Å². The van der Waals surface area contributed by atoms with Crippen LogP contribution in [0.1, 0.15) is 23.7 Å². The smallest absolute Gasteiger partial charge is 0.257 e. The molecule has 1 saturated heterocycles. The van der Waals surface area contributed by atoms with Gasteiger partial charge in [0.05, 0.1) is 12.1 Å². The monoisotopic (exact) mass is 401 g/mol. The van der Waals surface area contributed by atoms with Crippen molar-refractivity contribution in [3.63, 3.8) is 0 Å². The highest BCUT2D eigenvalue weighted by atomic mass is 35.5. The number of benzene rings is 2. The molecule has 0 N–H and O–H groups in total. The average molecular weight is 402 g/mol. The van der Waals surface area contributed by atoms with E-state index in [1.54, 1.807) is 18.1 Å². The Kier molecular flexibility index (Phi) is 5.00. The maximum Gasteiger partial charge on any atom is 0.257 e. The summed E-state index contributed by atoms with van der Waals surface area (Å²) in [5, 5.41) is 4.10. The summed E-state index contributed by atoms with van der Waals surface area (Å²) in [5.74, 6) is 0.989. The Morgan fingerprint density at radius 3 is 2.79 bits per heavy atom. The third-order valence-electron chi connectivity index (χ3n) is 4.72. The number of carbonyl (C=O) groups excluding carboxylic acids is 1. The van der Waals surface area contributed by atoms with Crippen LogP contribution >= 0.6 is 11.6 Å². The number of nitrogens with zero attached hydrogens (tertiary/aromatic N) is 3. The maximum atomic E-state index is 13.3. The van der Waals surface area contributed by atoms with Gasteiger partial charge in [-0.1, -0.05) is 22.8 Å². The summed E-state index contributed by atoms with van der Waals surface area (Å²) in [6.07, 6.45) is 0.302. The van der Waals surface area contributed by atoms with E-state index < -0.39 is 5.82 Å². The second-order valence-corrected chi connectivity index (χ2v) is 7.02. The zero-order valence-electron chi connectivity index (χ0n) is 15.1. The molecule has 2 aromatic carbocycles. The summed E-state index contributed by atoms with van der Waals surface area (Å²) in [5.41, 5.74) is 1.55. The molecule has 1 atom stereocenters. The Hall–Kier alpha value is -2.93. The lowest BCUT2D eigenvalue weighted by atomic mass is 10.1. The standard InChI is InChI=1S/C20H17ClFN3O3/c1-27-15-5-3-13(4-6-15)20-23-19(24-28-20)14-9-18(26)25(11-14)10-12-2-7-17(22)16(21)8-12/h2-8,14H,9-11H2,1H3. The summed E-state index contributed by atoms with van der Waals surface area (Å²) >= 11 is 5.82. The number of halogens is 2. The molecule has 1 amide bonds. The molecule has 28 heavy (non-hydrogen) atoms. The van der Waals surface area contributed by atoms with Crippen LogP contribution in [0.2, 0.25) is 5.02 Å². The lowest BCUT2D eigenvalue weighted by Gasteiger charge is -2.16. The van der Waals surface area contributed by atoms with Gasteiger partial charge in [0, 0.05) is 31.0 Å². The first-order chi connectivity index (χ1) is 13.5. The second kappa shape index (κ2) is 7.59. The normalized spacial score (nSPS) is 16.6. The van der Waals surface area contributed by atoms with Crippen LogP contribution in [-0.4, -0.2) is 34.6 Å². The van der Waals surface area contributed by atoms with E-state index in [2.05, 4.69) is 10.1 Å². The second-order valence-electron chi connectivity index (χ2n) is 6.61. The van der Waals surface area contributed by atoms with Gasteiger partial charge in [0.25, 0.3) is 5.89 Å². The van der Waals surface area contributed by atoms with Crippen LogP contribution in [-0.2, 0) is 11.3 Å². The Morgan fingerprint density at radius 1 is 1.29 bits per heavy atom. The number of likely N-dealkylation sites (tertiary alicyclic amines) is 1. The van der Waals surface area contributed by atoms with Crippen molar-refractivity contribution in [2.75, 3.05) is 13.7 Å². The van der Waals surface area contributed by atoms with Crippen molar-refractivity contribution in [1.82, 2.24) is 15.0 Å². The molecule has 1 fully saturated rings. The number of carbonyl (C=O) groups is 1. The average Bonchev–Trinajstić information content (AvgIpc) is 3.32. The topological polar surface area (TPSA) is 68.5 Å². The molecule has 1 aliphatic heterocycles. The molecule has 0 radical (unpaired) electrons. The van der Waals surface area contributed by atoms with Gasteiger partial charge in [0.15, 0.2) is 5.82 Å². The molecule has 6 nitrogen and oxygen atoms in total. The van der Waals surface area contributed by atoms with Gasteiger partial charge in [-0.3, -0.25) is 4.79 Å². The lowest BCUT2D eigenvalue weighted by molar-refractivity contribution is -0.128. The highest BCUT2D eigenvalue weighted by molar-refractivity contribution is 6.30. The van der Waals surface area contributed by atoms with Crippen LogP contribution in [0.3, 0.4) is 0 Å². The molecule has 4 rings (SSSR count). The molecule has 8 heteroatoms. The van der Waals surface area contributed by atoms with Crippen LogP contribution in [0.5, 0.6) is 5.75 Å². The lowest BCUT2D eigenvalue weighted by Crippen LogP contribution is -2.24. The SMILES string of the molecule is COc1ccc(-c2nc(C3CC(=O)N(Cc4ccc(F)c(Cl)c4)C3)no2)cc1. The predicted molar refractivity (Wildman–Crippen MR) is 100 cm³/mol. The first-order valence-corrected chi connectivity index (χ1v) is 9.11. The molecule has 0 spiro atoms. The molecule has 1 unspecified atom stereocenters. The minimum atomic E-state index is -0.478. The van der Waals surface area contributed by atoms with E-state index in [9.17, 15) is 9.18 Å². The van der Waals surface area contributed by atoms with Gasteiger partial charge < -0.3 is 14.2 Å².